The van der Waals surface area contributed by atoms with Crippen molar-refractivity contribution >= 4 is 35.6 Å². The van der Waals surface area contributed by atoms with Gasteiger partial charge in [-0.2, -0.15) is 10.2 Å². The second-order valence-corrected chi connectivity index (χ2v) is 4.47. The SMILES string of the molecule is Clc1ccc(/C=N\N=C\c2ccc(Cl)cc2)cc1. The monoisotopic (exact) mass is 276 g/mol. The Morgan fingerprint density at radius 3 is 1.28 bits per heavy atom. The van der Waals surface area contributed by atoms with Crippen molar-refractivity contribution in [2.24, 2.45) is 10.2 Å². The summed E-state index contributed by atoms with van der Waals surface area (Å²) in [5, 5.41) is 9.33. The molecule has 0 spiro atoms. The molecule has 4 heteroatoms. The zero-order valence-electron chi connectivity index (χ0n) is 9.42. The maximum Gasteiger partial charge on any atom is 0.0568 e. The number of nitrogens with zero attached hydrogens (tertiary/aromatic N) is 2. The molecule has 0 unspecified atom stereocenters. The zero-order valence-corrected chi connectivity index (χ0v) is 10.9. The summed E-state index contributed by atoms with van der Waals surface area (Å²) in [6, 6.07) is 14.8. The lowest BCUT2D eigenvalue weighted by Gasteiger charge is -1.92. The van der Waals surface area contributed by atoms with Gasteiger partial charge in [0.2, 0.25) is 0 Å². The number of hydrogen-bond donors (Lipinski definition) is 0. The molecule has 2 nitrogen and oxygen atoms in total. The summed E-state index contributed by atoms with van der Waals surface area (Å²) in [5.41, 5.74) is 1.90. The molecule has 0 aliphatic rings. The third-order valence-electron chi connectivity index (χ3n) is 2.22. The predicted octanol–water partition coefficient (Wildman–Crippen LogP) is 4.45. The van der Waals surface area contributed by atoms with Crippen LogP contribution < -0.4 is 0 Å². The van der Waals surface area contributed by atoms with Gasteiger partial charge in [0.25, 0.3) is 0 Å². The maximum absolute atomic E-state index is 5.78. The Hall–Kier alpha value is -1.64. The number of hydrogen-bond acceptors (Lipinski definition) is 2. The summed E-state index contributed by atoms with van der Waals surface area (Å²) in [6.07, 6.45) is 3.34. The van der Waals surface area contributed by atoms with Gasteiger partial charge in [-0.3, -0.25) is 0 Å². The summed E-state index contributed by atoms with van der Waals surface area (Å²) >= 11 is 11.6. The minimum absolute atomic E-state index is 0.705. The zero-order chi connectivity index (χ0) is 12.8. The van der Waals surface area contributed by atoms with Gasteiger partial charge in [0.05, 0.1) is 12.4 Å². The first-order valence-corrected chi connectivity index (χ1v) is 6.07. The Labute approximate surface area is 116 Å². The van der Waals surface area contributed by atoms with Crippen molar-refractivity contribution in [3.05, 3.63) is 69.7 Å². The summed E-state index contributed by atoms with van der Waals surface area (Å²) in [7, 11) is 0. The first-order chi connectivity index (χ1) is 8.74. The smallest absolute Gasteiger partial charge is 0.0568 e. The number of rotatable bonds is 3. The third-order valence-corrected chi connectivity index (χ3v) is 2.72. The molecule has 2 aromatic rings. The Bertz CT molecular complexity index is 504. The van der Waals surface area contributed by atoms with Crippen LogP contribution in [0.15, 0.2) is 58.7 Å². The van der Waals surface area contributed by atoms with Gasteiger partial charge in [-0.1, -0.05) is 47.5 Å². The van der Waals surface area contributed by atoms with E-state index in [2.05, 4.69) is 10.2 Å². The van der Waals surface area contributed by atoms with Crippen LogP contribution in [0.3, 0.4) is 0 Å². The van der Waals surface area contributed by atoms with Crippen LogP contribution in [0.25, 0.3) is 0 Å². The molecular formula is C14H10Cl2N2. The van der Waals surface area contributed by atoms with E-state index in [1.54, 1.807) is 12.4 Å². The van der Waals surface area contributed by atoms with Crippen LogP contribution in [0.2, 0.25) is 10.0 Å². The van der Waals surface area contributed by atoms with E-state index in [9.17, 15) is 0 Å². The summed E-state index contributed by atoms with van der Waals surface area (Å²) in [5.74, 6) is 0. The second kappa shape index (κ2) is 6.34. The highest BCUT2D eigenvalue weighted by molar-refractivity contribution is 6.30. The Balaban J connectivity index is 1.98. The van der Waals surface area contributed by atoms with E-state index in [1.807, 2.05) is 48.5 Å². The molecule has 2 rings (SSSR count). The van der Waals surface area contributed by atoms with Gasteiger partial charge < -0.3 is 0 Å². The molecule has 0 saturated carbocycles. The molecule has 18 heavy (non-hydrogen) atoms. The van der Waals surface area contributed by atoms with Crippen molar-refractivity contribution < 1.29 is 0 Å². The lowest BCUT2D eigenvalue weighted by atomic mass is 10.2. The van der Waals surface area contributed by atoms with Gasteiger partial charge in [-0.25, -0.2) is 0 Å². The summed E-state index contributed by atoms with van der Waals surface area (Å²) in [6.45, 7) is 0. The molecule has 0 aromatic heterocycles. The molecule has 0 aliphatic carbocycles. The molecule has 0 heterocycles. The fraction of sp³-hybridized carbons (Fsp3) is 0. The molecule has 0 fully saturated rings. The van der Waals surface area contributed by atoms with Gasteiger partial charge in [0, 0.05) is 10.0 Å². The summed E-state index contributed by atoms with van der Waals surface area (Å²) in [4.78, 5) is 0. The van der Waals surface area contributed by atoms with E-state index in [1.165, 1.54) is 0 Å². The molecule has 0 radical (unpaired) electrons. The molecule has 0 amide bonds. The van der Waals surface area contributed by atoms with Crippen molar-refractivity contribution in [2.45, 2.75) is 0 Å². The molecule has 0 atom stereocenters. The van der Waals surface area contributed by atoms with E-state index in [0.717, 1.165) is 11.1 Å². The van der Waals surface area contributed by atoms with Crippen LogP contribution in [-0.4, -0.2) is 12.4 Å². The molecular weight excluding hydrogens is 267 g/mol. The average Bonchev–Trinajstić information content (AvgIpc) is 2.39. The second-order valence-electron chi connectivity index (χ2n) is 3.59. The Morgan fingerprint density at radius 1 is 0.611 bits per heavy atom. The quantitative estimate of drug-likeness (QED) is 0.585. The summed E-state index contributed by atoms with van der Waals surface area (Å²) < 4.78 is 0. The van der Waals surface area contributed by atoms with Gasteiger partial charge >= 0.3 is 0 Å². The van der Waals surface area contributed by atoms with E-state index in [0.29, 0.717) is 10.0 Å². The van der Waals surface area contributed by atoms with Crippen molar-refractivity contribution in [2.75, 3.05) is 0 Å². The number of halogens is 2. The van der Waals surface area contributed by atoms with Gasteiger partial charge in [-0.05, 0) is 35.4 Å². The minimum Gasteiger partial charge on any atom is -0.159 e. The molecule has 0 bridgehead atoms. The lowest BCUT2D eigenvalue weighted by Crippen LogP contribution is -1.80. The van der Waals surface area contributed by atoms with E-state index < -0.39 is 0 Å². The van der Waals surface area contributed by atoms with Crippen molar-refractivity contribution in [1.29, 1.82) is 0 Å². The van der Waals surface area contributed by atoms with E-state index in [-0.39, 0.29) is 0 Å². The van der Waals surface area contributed by atoms with Crippen LogP contribution in [0.4, 0.5) is 0 Å². The van der Waals surface area contributed by atoms with Crippen molar-refractivity contribution in [1.82, 2.24) is 0 Å². The van der Waals surface area contributed by atoms with Crippen LogP contribution in [-0.2, 0) is 0 Å². The third kappa shape index (κ3) is 3.99. The largest absolute Gasteiger partial charge is 0.159 e. The average molecular weight is 277 g/mol. The maximum atomic E-state index is 5.78. The first kappa shape index (κ1) is 12.8. The highest BCUT2D eigenvalue weighted by Crippen LogP contribution is 2.09. The van der Waals surface area contributed by atoms with Crippen LogP contribution in [0.1, 0.15) is 11.1 Å². The standard InChI is InChI=1S/C14H10Cl2N2/c15-13-5-1-11(2-6-13)9-17-18-10-12-3-7-14(16)8-4-12/h1-10H/b17-9-,18-10+. The van der Waals surface area contributed by atoms with Gasteiger partial charge in [0.1, 0.15) is 0 Å². The topological polar surface area (TPSA) is 24.7 Å². The molecule has 90 valence electrons. The first-order valence-electron chi connectivity index (χ1n) is 5.31. The Morgan fingerprint density at radius 2 is 0.944 bits per heavy atom. The lowest BCUT2D eigenvalue weighted by molar-refractivity contribution is 1.26. The molecule has 0 saturated heterocycles. The van der Waals surface area contributed by atoms with Crippen molar-refractivity contribution in [3.63, 3.8) is 0 Å². The Kier molecular flexibility index (Phi) is 4.51. The fourth-order valence-corrected chi connectivity index (χ4v) is 1.55. The van der Waals surface area contributed by atoms with Gasteiger partial charge in [-0.15, -0.1) is 0 Å². The van der Waals surface area contributed by atoms with Crippen LogP contribution >= 0.6 is 23.2 Å². The highest BCUT2D eigenvalue weighted by Gasteiger charge is 1.89. The minimum atomic E-state index is 0.705. The molecule has 0 N–H and O–H groups in total. The normalized spacial score (nSPS) is 11.4. The van der Waals surface area contributed by atoms with Crippen LogP contribution in [0, 0.1) is 0 Å². The highest BCUT2D eigenvalue weighted by atomic mass is 35.5. The molecule has 0 aliphatic heterocycles. The fourth-order valence-electron chi connectivity index (χ4n) is 1.30. The van der Waals surface area contributed by atoms with Crippen LogP contribution in [0.5, 0.6) is 0 Å². The van der Waals surface area contributed by atoms with Crippen molar-refractivity contribution in [3.8, 4) is 0 Å². The number of benzene rings is 2. The van der Waals surface area contributed by atoms with Gasteiger partial charge in [0.15, 0.2) is 0 Å². The molecule has 2 aromatic carbocycles. The van der Waals surface area contributed by atoms with E-state index in [4.69, 9.17) is 23.2 Å². The van der Waals surface area contributed by atoms with E-state index >= 15 is 0 Å². The predicted molar refractivity (Wildman–Crippen MR) is 78.1 cm³/mol.